The molecule has 0 aliphatic carbocycles. The molecule has 294 valence electrons. The predicted octanol–water partition coefficient (Wildman–Crippen LogP) is 6.19. The number of aliphatic hydroxyl groups is 1. The molecule has 0 radical (unpaired) electrons. The maximum Gasteiger partial charge on any atom is 0.408 e. The fraction of sp³-hybridized carbons (Fsp3) is 0.405. The first-order valence-corrected chi connectivity index (χ1v) is 20.6. The molecule has 4 rings (SSSR count). The van der Waals surface area contributed by atoms with E-state index in [1.807, 2.05) is 119 Å². The highest BCUT2D eigenvalue weighted by molar-refractivity contribution is 7.98. The summed E-state index contributed by atoms with van der Waals surface area (Å²) in [5.41, 5.74) is 2.65. The van der Waals surface area contributed by atoms with Crippen LogP contribution < -0.4 is 21.3 Å². The summed E-state index contributed by atoms with van der Waals surface area (Å²) in [5.74, 6) is -0.568. The summed E-state index contributed by atoms with van der Waals surface area (Å²) in [7, 11) is 0. The minimum Gasteiger partial charge on any atom is -0.445 e. The van der Waals surface area contributed by atoms with E-state index in [1.165, 1.54) is 23.1 Å². The Morgan fingerprint density at radius 1 is 0.691 bits per heavy atom. The van der Waals surface area contributed by atoms with Gasteiger partial charge in [0.25, 0.3) is 0 Å². The Hall–Kier alpha value is -4.72. The lowest BCUT2D eigenvalue weighted by atomic mass is 9.97. The number of nitrogens with one attached hydrogen (secondary N) is 4. The molecule has 1 aromatic heterocycles. The van der Waals surface area contributed by atoms with E-state index < -0.39 is 54.1 Å². The van der Waals surface area contributed by atoms with Gasteiger partial charge < -0.3 is 31.1 Å². The number of hydrogen-bond acceptors (Lipinski definition) is 9. The van der Waals surface area contributed by atoms with Gasteiger partial charge in [0.05, 0.1) is 6.04 Å². The zero-order chi connectivity index (χ0) is 39.6. The van der Waals surface area contributed by atoms with Crippen molar-refractivity contribution >= 4 is 46.9 Å². The molecule has 0 aliphatic heterocycles. The SMILES string of the molecule is CC(C)C[C@H](NC(=O)[C@H](Cc1ccccc1)NC(=O)[C@H](CSCc1ccccc1)NC(=O)OCc1ccccc1)C(=O)N[C@@H](CC(C)C)[C@@H](O)c1nccs1. The molecule has 4 aromatic rings. The van der Waals surface area contributed by atoms with E-state index in [1.54, 1.807) is 11.6 Å². The molecule has 55 heavy (non-hydrogen) atoms. The molecule has 0 fully saturated rings. The van der Waals surface area contributed by atoms with Crippen LogP contribution in [0, 0.1) is 11.8 Å². The molecule has 11 nitrogen and oxygen atoms in total. The van der Waals surface area contributed by atoms with Gasteiger partial charge in [0, 0.05) is 29.5 Å². The Morgan fingerprint density at radius 3 is 1.82 bits per heavy atom. The second-order valence-electron chi connectivity index (χ2n) is 14.3. The third-order valence-electron chi connectivity index (χ3n) is 8.61. The molecular formula is C42H53N5O6S2. The van der Waals surface area contributed by atoms with E-state index in [2.05, 4.69) is 26.3 Å². The highest BCUT2D eigenvalue weighted by atomic mass is 32.2. The zero-order valence-corrected chi connectivity index (χ0v) is 33.5. The lowest BCUT2D eigenvalue weighted by molar-refractivity contribution is -0.133. The molecule has 0 saturated heterocycles. The van der Waals surface area contributed by atoms with E-state index in [4.69, 9.17) is 4.74 Å². The number of amides is 4. The monoisotopic (exact) mass is 787 g/mol. The van der Waals surface area contributed by atoms with Crippen LogP contribution in [0.25, 0.3) is 0 Å². The number of rotatable bonds is 21. The van der Waals surface area contributed by atoms with Crippen LogP contribution in [0.15, 0.2) is 103 Å². The van der Waals surface area contributed by atoms with Crippen LogP contribution in [0.3, 0.4) is 0 Å². The number of thiazole rings is 1. The molecule has 0 saturated carbocycles. The number of aromatic nitrogens is 1. The van der Waals surface area contributed by atoms with Crippen molar-refractivity contribution in [1.82, 2.24) is 26.3 Å². The second kappa shape index (κ2) is 22.6. The van der Waals surface area contributed by atoms with E-state index in [0.29, 0.717) is 23.6 Å². The number of ether oxygens (including phenoxy) is 1. The normalized spacial score (nSPS) is 13.9. The van der Waals surface area contributed by atoms with Gasteiger partial charge in [-0.1, -0.05) is 119 Å². The Labute approximate surface area is 332 Å². The van der Waals surface area contributed by atoms with E-state index in [-0.39, 0.29) is 30.6 Å². The smallest absolute Gasteiger partial charge is 0.408 e. The molecule has 5 atom stereocenters. The summed E-state index contributed by atoms with van der Waals surface area (Å²) in [6.45, 7) is 7.93. The van der Waals surface area contributed by atoms with Gasteiger partial charge in [-0.25, -0.2) is 9.78 Å². The first-order chi connectivity index (χ1) is 26.5. The molecule has 0 spiro atoms. The van der Waals surface area contributed by atoms with E-state index >= 15 is 0 Å². The molecule has 13 heteroatoms. The van der Waals surface area contributed by atoms with Crippen molar-refractivity contribution in [3.05, 3.63) is 124 Å². The number of carbonyl (C=O) groups excluding carboxylic acids is 4. The quantitative estimate of drug-likeness (QED) is 0.0669. The zero-order valence-electron chi connectivity index (χ0n) is 31.9. The average Bonchev–Trinajstić information content (AvgIpc) is 3.72. The van der Waals surface area contributed by atoms with Crippen LogP contribution in [0.2, 0.25) is 0 Å². The molecule has 5 N–H and O–H groups in total. The largest absolute Gasteiger partial charge is 0.445 e. The number of benzene rings is 3. The van der Waals surface area contributed by atoms with Crippen LogP contribution in [-0.4, -0.2) is 63.8 Å². The van der Waals surface area contributed by atoms with Crippen LogP contribution in [0.4, 0.5) is 4.79 Å². The highest BCUT2D eigenvalue weighted by Crippen LogP contribution is 2.24. The van der Waals surface area contributed by atoms with Gasteiger partial charge in [0.2, 0.25) is 17.7 Å². The predicted molar refractivity (Wildman–Crippen MR) is 218 cm³/mol. The topological polar surface area (TPSA) is 159 Å². The molecule has 3 aromatic carbocycles. The van der Waals surface area contributed by atoms with Crippen molar-refractivity contribution in [2.75, 3.05) is 5.75 Å². The minimum atomic E-state index is -1.09. The average molecular weight is 788 g/mol. The van der Waals surface area contributed by atoms with Gasteiger partial charge >= 0.3 is 6.09 Å². The lowest BCUT2D eigenvalue weighted by Crippen LogP contribution is -2.58. The maximum absolute atomic E-state index is 14.2. The number of carbonyl (C=O) groups is 4. The second-order valence-corrected chi connectivity index (χ2v) is 16.2. The first-order valence-electron chi connectivity index (χ1n) is 18.6. The van der Waals surface area contributed by atoms with Crippen LogP contribution in [0.1, 0.15) is 68.3 Å². The number of thioether (sulfide) groups is 1. The fourth-order valence-electron chi connectivity index (χ4n) is 5.88. The molecule has 0 aliphatic rings. The highest BCUT2D eigenvalue weighted by Gasteiger charge is 2.33. The van der Waals surface area contributed by atoms with Crippen LogP contribution >= 0.6 is 23.1 Å². The molecule has 1 heterocycles. The Balaban J connectivity index is 1.52. The lowest BCUT2D eigenvalue weighted by Gasteiger charge is -2.29. The summed E-state index contributed by atoms with van der Waals surface area (Å²) in [5, 5.41) is 24.9. The number of aliphatic hydroxyl groups excluding tert-OH is 1. The summed E-state index contributed by atoms with van der Waals surface area (Å²) in [4.78, 5) is 59.4. The van der Waals surface area contributed by atoms with Gasteiger partial charge in [-0.15, -0.1) is 11.3 Å². The Kier molecular flexibility index (Phi) is 17.7. The van der Waals surface area contributed by atoms with E-state index in [0.717, 1.165) is 16.7 Å². The van der Waals surface area contributed by atoms with E-state index in [9.17, 15) is 24.3 Å². The molecule has 0 bridgehead atoms. The van der Waals surface area contributed by atoms with Crippen molar-refractivity contribution in [2.24, 2.45) is 11.8 Å². The standard InChI is InChI=1S/C42H53N5O6S2/c1-28(2)22-33(37(48)41-43-20-21-55-41)44-38(49)34(23-29(3)4)45-39(50)35(24-30-14-8-5-9-15-30)46-40(51)36(27-54-26-32-18-12-7-13-19-32)47-42(52)53-25-31-16-10-6-11-17-31/h5-21,28-29,33-37,48H,22-27H2,1-4H3,(H,44,49)(H,45,50)(H,46,51)(H,47,52)/t33-,34-,35-,36-,37+/m0/s1. The summed E-state index contributed by atoms with van der Waals surface area (Å²) >= 11 is 2.77. The van der Waals surface area contributed by atoms with Gasteiger partial charge in [-0.05, 0) is 41.4 Å². The molecule has 4 amide bonds. The van der Waals surface area contributed by atoms with Crippen molar-refractivity contribution in [2.45, 2.75) is 89.6 Å². The number of nitrogens with zero attached hydrogens (tertiary/aromatic N) is 1. The van der Waals surface area contributed by atoms with Gasteiger partial charge in [-0.2, -0.15) is 11.8 Å². The maximum atomic E-state index is 14.2. The van der Waals surface area contributed by atoms with Crippen molar-refractivity contribution in [1.29, 1.82) is 0 Å². The Bertz CT molecular complexity index is 1750. The molecule has 0 unspecified atom stereocenters. The molecular weight excluding hydrogens is 735 g/mol. The summed E-state index contributed by atoms with van der Waals surface area (Å²) < 4.78 is 5.45. The summed E-state index contributed by atoms with van der Waals surface area (Å²) in [6, 6.07) is 24.5. The minimum absolute atomic E-state index is 0.0232. The fourth-order valence-corrected chi connectivity index (χ4v) is 7.58. The van der Waals surface area contributed by atoms with Crippen molar-refractivity contribution in [3.63, 3.8) is 0 Å². The first kappa shape index (κ1) is 43.0. The number of alkyl carbamates (subject to hydrolysis) is 1. The van der Waals surface area contributed by atoms with Gasteiger partial charge in [0.1, 0.15) is 35.8 Å². The van der Waals surface area contributed by atoms with Crippen LogP contribution in [0.5, 0.6) is 0 Å². The van der Waals surface area contributed by atoms with Crippen molar-refractivity contribution in [3.8, 4) is 0 Å². The third-order valence-corrected chi connectivity index (χ3v) is 10.6. The summed E-state index contributed by atoms with van der Waals surface area (Å²) in [6.07, 6.45) is 0.768. The Morgan fingerprint density at radius 2 is 1.24 bits per heavy atom. The van der Waals surface area contributed by atoms with Gasteiger partial charge in [0.15, 0.2) is 0 Å². The van der Waals surface area contributed by atoms with Crippen molar-refractivity contribution < 1.29 is 29.0 Å². The third kappa shape index (κ3) is 15.1. The number of hydrogen-bond donors (Lipinski definition) is 5. The van der Waals surface area contributed by atoms with Crippen LogP contribution in [-0.2, 0) is 37.9 Å². The van der Waals surface area contributed by atoms with Gasteiger partial charge in [-0.3, -0.25) is 14.4 Å².